The number of carboxylic acids is 1. The summed E-state index contributed by atoms with van der Waals surface area (Å²) in [5.41, 5.74) is 1.74. The van der Waals surface area contributed by atoms with E-state index >= 15 is 0 Å². The van der Waals surface area contributed by atoms with Crippen LogP contribution in [0, 0.1) is 6.92 Å². The first kappa shape index (κ1) is 13.7. The molecule has 0 atom stereocenters. The first-order valence-electron chi connectivity index (χ1n) is 7.27. The summed E-state index contributed by atoms with van der Waals surface area (Å²) >= 11 is 0. The van der Waals surface area contributed by atoms with E-state index in [-0.39, 0.29) is 11.1 Å². The maximum Gasteiger partial charge on any atom is 0.354 e. The van der Waals surface area contributed by atoms with Gasteiger partial charge in [-0.25, -0.2) is 14.8 Å². The van der Waals surface area contributed by atoms with Gasteiger partial charge in [-0.3, -0.25) is 0 Å². The molecule has 1 heterocycles. The molecule has 4 heteroatoms. The summed E-state index contributed by atoms with van der Waals surface area (Å²) in [5, 5.41) is 9.24. The van der Waals surface area contributed by atoms with E-state index in [4.69, 9.17) is 0 Å². The third kappa shape index (κ3) is 2.42. The number of carbonyl (C=O) groups is 1. The van der Waals surface area contributed by atoms with Gasteiger partial charge in [0.15, 0.2) is 5.69 Å². The van der Waals surface area contributed by atoms with Gasteiger partial charge in [-0.2, -0.15) is 0 Å². The molecule has 0 spiro atoms. The van der Waals surface area contributed by atoms with Gasteiger partial charge in [-0.05, 0) is 31.4 Å². The Balaban J connectivity index is 2.17. The van der Waals surface area contributed by atoms with E-state index in [1.54, 1.807) is 0 Å². The molecule has 0 bridgehead atoms. The van der Waals surface area contributed by atoms with Gasteiger partial charge in [0.1, 0.15) is 5.82 Å². The van der Waals surface area contributed by atoms with Crippen LogP contribution in [0.2, 0.25) is 0 Å². The average Bonchev–Trinajstić information content (AvgIpc) is 2.98. The van der Waals surface area contributed by atoms with Crippen molar-refractivity contribution in [3.63, 3.8) is 0 Å². The monoisotopic (exact) mass is 282 g/mol. The summed E-state index contributed by atoms with van der Waals surface area (Å²) in [6.07, 6.45) is 4.18. The van der Waals surface area contributed by atoms with Crippen molar-refractivity contribution in [3.05, 3.63) is 59.2 Å². The highest BCUT2D eigenvalue weighted by Gasteiger charge is 2.40. The fourth-order valence-electron chi connectivity index (χ4n) is 3.27. The lowest BCUT2D eigenvalue weighted by molar-refractivity contribution is 0.0689. The molecule has 0 saturated heterocycles. The number of hydrogen-bond acceptors (Lipinski definition) is 3. The van der Waals surface area contributed by atoms with E-state index in [1.165, 1.54) is 11.6 Å². The van der Waals surface area contributed by atoms with Crippen molar-refractivity contribution < 1.29 is 9.90 Å². The molecule has 0 radical (unpaired) electrons. The van der Waals surface area contributed by atoms with Crippen molar-refractivity contribution in [2.24, 2.45) is 0 Å². The fraction of sp³-hybridized carbons (Fsp3) is 0.353. The minimum Gasteiger partial charge on any atom is -0.477 e. The van der Waals surface area contributed by atoms with Crippen molar-refractivity contribution in [2.45, 2.75) is 38.0 Å². The lowest BCUT2D eigenvalue weighted by Crippen LogP contribution is -2.28. The lowest BCUT2D eigenvalue weighted by Gasteiger charge is -2.28. The molecule has 0 aliphatic heterocycles. The maximum atomic E-state index is 11.3. The molecule has 1 aliphatic carbocycles. The summed E-state index contributed by atoms with van der Waals surface area (Å²) in [6, 6.07) is 11.7. The minimum absolute atomic E-state index is 0.0831. The second-order valence-electron chi connectivity index (χ2n) is 5.68. The molecule has 3 rings (SSSR count). The van der Waals surface area contributed by atoms with Gasteiger partial charge < -0.3 is 5.11 Å². The summed E-state index contributed by atoms with van der Waals surface area (Å²) < 4.78 is 0. The van der Waals surface area contributed by atoms with Crippen LogP contribution in [-0.2, 0) is 5.41 Å². The number of aromatic carboxylic acids is 1. The number of benzene rings is 1. The summed E-state index contributed by atoms with van der Waals surface area (Å²) in [4.78, 5) is 20.2. The normalized spacial score (nSPS) is 16.8. The molecule has 0 amide bonds. The SMILES string of the molecule is Cc1cc(C(=O)O)nc(C2(c3ccccc3)CCCC2)n1. The molecule has 1 aromatic heterocycles. The standard InChI is InChI=1S/C17H18N2O2/c1-12-11-14(15(20)21)19-16(18-12)17(9-5-6-10-17)13-7-3-2-4-8-13/h2-4,7-8,11H,5-6,9-10H2,1H3,(H,20,21). The Morgan fingerprint density at radius 2 is 1.81 bits per heavy atom. The Morgan fingerprint density at radius 1 is 1.14 bits per heavy atom. The van der Waals surface area contributed by atoms with Crippen LogP contribution in [0.3, 0.4) is 0 Å². The van der Waals surface area contributed by atoms with Gasteiger partial charge in [0.25, 0.3) is 0 Å². The number of nitrogens with zero attached hydrogens (tertiary/aromatic N) is 2. The molecule has 1 aliphatic rings. The van der Waals surface area contributed by atoms with Crippen LogP contribution in [0.15, 0.2) is 36.4 Å². The fourth-order valence-corrected chi connectivity index (χ4v) is 3.27. The van der Waals surface area contributed by atoms with E-state index in [1.807, 2.05) is 25.1 Å². The highest BCUT2D eigenvalue weighted by Crippen LogP contribution is 2.44. The zero-order chi connectivity index (χ0) is 14.9. The third-order valence-corrected chi connectivity index (χ3v) is 4.28. The molecule has 21 heavy (non-hydrogen) atoms. The van der Waals surface area contributed by atoms with Gasteiger partial charge in [0, 0.05) is 5.69 Å². The van der Waals surface area contributed by atoms with Gasteiger partial charge in [0.2, 0.25) is 0 Å². The topological polar surface area (TPSA) is 63.1 Å². The second kappa shape index (κ2) is 5.28. The van der Waals surface area contributed by atoms with Crippen LogP contribution >= 0.6 is 0 Å². The largest absolute Gasteiger partial charge is 0.477 e. The Labute approximate surface area is 123 Å². The highest BCUT2D eigenvalue weighted by atomic mass is 16.4. The lowest BCUT2D eigenvalue weighted by atomic mass is 9.78. The van der Waals surface area contributed by atoms with E-state index in [9.17, 15) is 9.90 Å². The summed E-state index contributed by atoms with van der Waals surface area (Å²) in [5.74, 6) is -0.341. The first-order valence-corrected chi connectivity index (χ1v) is 7.27. The second-order valence-corrected chi connectivity index (χ2v) is 5.68. The van der Waals surface area contributed by atoms with Crippen LogP contribution in [0.4, 0.5) is 0 Å². The Morgan fingerprint density at radius 3 is 2.43 bits per heavy atom. The van der Waals surface area contributed by atoms with E-state index in [0.29, 0.717) is 11.5 Å². The van der Waals surface area contributed by atoms with Crippen molar-refractivity contribution in [2.75, 3.05) is 0 Å². The number of aromatic nitrogens is 2. The minimum atomic E-state index is -0.997. The van der Waals surface area contributed by atoms with Gasteiger partial charge in [-0.15, -0.1) is 0 Å². The van der Waals surface area contributed by atoms with E-state index < -0.39 is 5.97 Å². The quantitative estimate of drug-likeness (QED) is 0.937. The predicted octanol–water partition coefficient (Wildman–Crippen LogP) is 3.34. The van der Waals surface area contributed by atoms with Gasteiger partial charge in [0.05, 0.1) is 5.41 Å². The zero-order valence-corrected chi connectivity index (χ0v) is 12.0. The summed E-state index contributed by atoms with van der Waals surface area (Å²) in [7, 11) is 0. The number of carboxylic acid groups (broad SMARTS) is 1. The molecular formula is C17H18N2O2. The Hall–Kier alpha value is -2.23. The molecule has 108 valence electrons. The molecule has 1 saturated carbocycles. The highest BCUT2D eigenvalue weighted by molar-refractivity contribution is 5.85. The van der Waals surface area contributed by atoms with Gasteiger partial charge in [-0.1, -0.05) is 43.2 Å². The molecule has 1 aromatic carbocycles. The molecule has 4 nitrogen and oxygen atoms in total. The van der Waals surface area contributed by atoms with Crippen LogP contribution in [-0.4, -0.2) is 21.0 Å². The molecule has 0 unspecified atom stereocenters. The maximum absolute atomic E-state index is 11.3. The van der Waals surface area contributed by atoms with Crippen molar-refractivity contribution in [3.8, 4) is 0 Å². The smallest absolute Gasteiger partial charge is 0.354 e. The average molecular weight is 282 g/mol. The summed E-state index contributed by atoms with van der Waals surface area (Å²) in [6.45, 7) is 1.82. The number of hydrogen-bond donors (Lipinski definition) is 1. The molecule has 1 fully saturated rings. The van der Waals surface area contributed by atoms with Crippen LogP contribution in [0.1, 0.15) is 53.3 Å². The predicted molar refractivity (Wildman–Crippen MR) is 79.4 cm³/mol. The van der Waals surface area contributed by atoms with Crippen LogP contribution < -0.4 is 0 Å². The third-order valence-electron chi connectivity index (χ3n) is 4.28. The van der Waals surface area contributed by atoms with Crippen molar-refractivity contribution in [1.29, 1.82) is 0 Å². The molecule has 2 aromatic rings. The molecular weight excluding hydrogens is 264 g/mol. The van der Waals surface area contributed by atoms with Crippen LogP contribution in [0.5, 0.6) is 0 Å². The van der Waals surface area contributed by atoms with E-state index in [2.05, 4.69) is 22.1 Å². The zero-order valence-electron chi connectivity index (χ0n) is 12.0. The van der Waals surface area contributed by atoms with Crippen molar-refractivity contribution in [1.82, 2.24) is 9.97 Å². The van der Waals surface area contributed by atoms with Gasteiger partial charge >= 0.3 is 5.97 Å². The first-order chi connectivity index (χ1) is 10.1. The Bertz CT molecular complexity index is 662. The van der Waals surface area contributed by atoms with Crippen molar-refractivity contribution >= 4 is 5.97 Å². The number of aryl methyl sites for hydroxylation is 1. The molecule has 1 N–H and O–H groups in total. The van der Waals surface area contributed by atoms with Crippen LogP contribution in [0.25, 0.3) is 0 Å². The van der Waals surface area contributed by atoms with E-state index in [0.717, 1.165) is 25.7 Å². The Kier molecular flexibility index (Phi) is 3.45. The number of rotatable bonds is 3.